The molecule has 1 aromatic rings. The summed E-state index contributed by atoms with van der Waals surface area (Å²) in [6.45, 7) is 1.63. The first-order valence-electron chi connectivity index (χ1n) is 7.68. The van der Waals surface area contributed by atoms with Crippen molar-refractivity contribution >= 4 is 17.6 Å². The molecular formula is C16H20N2O6. The van der Waals surface area contributed by atoms with E-state index in [1.54, 1.807) is 6.92 Å². The molecule has 1 atom stereocenters. The van der Waals surface area contributed by atoms with Gasteiger partial charge in [0.25, 0.3) is 11.6 Å². The lowest BCUT2D eigenvalue weighted by Gasteiger charge is -2.33. The van der Waals surface area contributed by atoms with Gasteiger partial charge in [-0.3, -0.25) is 14.9 Å². The number of piperidine rings is 1. The van der Waals surface area contributed by atoms with Crippen molar-refractivity contribution in [2.45, 2.75) is 38.8 Å². The van der Waals surface area contributed by atoms with E-state index in [1.807, 2.05) is 0 Å². The van der Waals surface area contributed by atoms with Gasteiger partial charge < -0.3 is 14.7 Å². The van der Waals surface area contributed by atoms with Gasteiger partial charge in [0.15, 0.2) is 0 Å². The number of amides is 1. The van der Waals surface area contributed by atoms with Crippen LogP contribution < -0.4 is 0 Å². The Morgan fingerprint density at radius 1 is 1.42 bits per heavy atom. The molecule has 8 heteroatoms. The molecule has 24 heavy (non-hydrogen) atoms. The summed E-state index contributed by atoms with van der Waals surface area (Å²) in [6, 6.07) is 1.86. The van der Waals surface area contributed by atoms with E-state index in [9.17, 15) is 24.8 Å². The molecule has 0 unspecified atom stereocenters. The summed E-state index contributed by atoms with van der Waals surface area (Å²) in [6.07, 6.45) is 1.96. The van der Waals surface area contributed by atoms with Crippen LogP contribution in [-0.2, 0) is 16.1 Å². The van der Waals surface area contributed by atoms with E-state index in [1.165, 1.54) is 24.1 Å². The summed E-state index contributed by atoms with van der Waals surface area (Å²) in [5.41, 5.74) is 0.522. The Labute approximate surface area is 139 Å². The number of aliphatic hydroxyl groups is 1. The van der Waals surface area contributed by atoms with Crippen LogP contribution in [0.15, 0.2) is 12.1 Å². The quantitative estimate of drug-likeness (QED) is 0.507. The summed E-state index contributed by atoms with van der Waals surface area (Å²) in [7, 11) is 1.25. The maximum absolute atomic E-state index is 12.9. The van der Waals surface area contributed by atoms with Gasteiger partial charge in [-0.25, -0.2) is 4.79 Å². The first kappa shape index (κ1) is 17.9. The lowest BCUT2D eigenvalue weighted by Crippen LogP contribution is -2.48. The Hall–Kier alpha value is -2.48. The van der Waals surface area contributed by atoms with Crippen LogP contribution in [0.2, 0.25) is 0 Å². The average molecular weight is 336 g/mol. The molecule has 1 heterocycles. The summed E-state index contributed by atoms with van der Waals surface area (Å²) in [5.74, 6) is -1.12. The smallest absolute Gasteiger partial charge is 0.328 e. The number of likely N-dealkylation sites (tertiary alicyclic amines) is 1. The first-order valence-corrected chi connectivity index (χ1v) is 7.68. The van der Waals surface area contributed by atoms with Crippen molar-refractivity contribution in [3.63, 3.8) is 0 Å². The number of hydrogen-bond acceptors (Lipinski definition) is 6. The van der Waals surface area contributed by atoms with Gasteiger partial charge in [-0.1, -0.05) is 0 Å². The zero-order valence-electron chi connectivity index (χ0n) is 13.7. The highest BCUT2D eigenvalue weighted by molar-refractivity contribution is 6.00. The van der Waals surface area contributed by atoms with E-state index in [2.05, 4.69) is 0 Å². The van der Waals surface area contributed by atoms with E-state index in [-0.39, 0.29) is 17.9 Å². The van der Waals surface area contributed by atoms with Crippen molar-refractivity contribution < 1.29 is 24.4 Å². The number of methoxy groups -OCH3 is 1. The van der Waals surface area contributed by atoms with Gasteiger partial charge in [0.2, 0.25) is 0 Å². The van der Waals surface area contributed by atoms with Crippen LogP contribution in [0.5, 0.6) is 0 Å². The SMILES string of the molecule is COC(=O)[C@@H]1CCCCN1C(=O)c1cc(CO)c(C)cc1[N+](=O)[O-]. The number of carbonyl (C=O) groups is 2. The number of nitro benzene ring substituents is 1. The highest BCUT2D eigenvalue weighted by Crippen LogP contribution is 2.28. The molecule has 1 N–H and O–H groups in total. The Kier molecular flexibility index (Phi) is 5.50. The minimum Gasteiger partial charge on any atom is -0.467 e. The third kappa shape index (κ3) is 3.38. The zero-order chi connectivity index (χ0) is 17.9. The molecule has 1 aliphatic rings. The normalized spacial score (nSPS) is 17.5. The number of esters is 1. The molecule has 8 nitrogen and oxygen atoms in total. The van der Waals surface area contributed by atoms with Crippen LogP contribution in [0.4, 0.5) is 5.69 Å². The van der Waals surface area contributed by atoms with Crippen LogP contribution in [0.25, 0.3) is 0 Å². The fourth-order valence-electron chi connectivity index (χ4n) is 2.94. The van der Waals surface area contributed by atoms with E-state index in [4.69, 9.17) is 4.74 Å². The van der Waals surface area contributed by atoms with E-state index < -0.39 is 22.8 Å². The fourth-order valence-corrected chi connectivity index (χ4v) is 2.94. The zero-order valence-corrected chi connectivity index (χ0v) is 13.7. The average Bonchev–Trinajstić information content (AvgIpc) is 2.60. The molecule has 0 radical (unpaired) electrons. The second kappa shape index (κ2) is 7.39. The highest BCUT2D eigenvalue weighted by atomic mass is 16.6. The number of aliphatic hydroxyl groups excluding tert-OH is 1. The van der Waals surface area contributed by atoms with Gasteiger partial charge in [0.1, 0.15) is 11.6 Å². The number of hydrogen-bond donors (Lipinski definition) is 1. The number of nitro groups is 1. The molecule has 2 rings (SSSR count). The first-order chi connectivity index (χ1) is 11.4. The predicted molar refractivity (Wildman–Crippen MR) is 84.4 cm³/mol. The molecular weight excluding hydrogens is 316 g/mol. The standard InChI is InChI=1S/C16H20N2O6/c1-10-7-14(18(22)23)12(8-11(10)9-19)15(20)17-6-4-3-5-13(17)16(21)24-2/h7-8,13,19H,3-6,9H2,1-2H3/t13-/m0/s1. The van der Waals surface area contributed by atoms with Crippen molar-refractivity contribution in [3.8, 4) is 0 Å². The summed E-state index contributed by atoms with van der Waals surface area (Å²) >= 11 is 0. The maximum Gasteiger partial charge on any atom is 0.328 e. The van der Waals surface area contributed by atoms with Crippen molar-refractivity contribution in [3.05, 3.63) is 38.9 Å². The second-order valence-electron chi connectivity index (χ2n) is 5.74. The Morgan fingerprint density at radius 2 is 2.12 bits per heavy atom. The lowest BCUT2D eigenvalue weighted by atomic mass is 9.98. The predicted octanol–water partition coefficient (Wildman–Crippen LogP) is 1.56. The molecule has 0 bridgehead atoms. The van der Waals surface area contributed by atoms with E-state index >= 15 is 0 Å². The van der Waals surface area contributed by atoms with Gasteiger partial charge in [-0.2, -0.15) is 0 Å². The van der Waals surface area contributed by atoms with Crippen LogP contribution in [0.1, 0.15) is 40.7 Å². The van der Waals surface area contributed by atoms with Gasteiger partial charge in [-0.15, -0.1) is 0 Å². The molecule has 1 amide bonds. The molecule has 1 aromatic carbocycles. The van der Waals surface area contributed by atoms with E-state index in [0.717, 1.165) is 6.42 Å². The third-order valence-electron chi connectivity index (χ3n) is 4.29. The summed E-state index contributed by atoms with van der Waals surface area (Å²) in [4.78, 5) is 36.8. The van der Waals surface area contributed by atoms with Gasteiger partial charge >= 0.3 is 5.97 Å². The van der Waals surface area contributed by atoms with Crippen LogP contribution in [0, 0.1) is 17.0 Å². The minimum absolute atomic E-state index is 0.120. The van der Waals surface area contributed by atoms with Gasteiger partial charge in [0, 0.05) is 12.6 Å². The Morgan fingerprint density at radius 3 is 2.71 bits per heavy atom. The molecule has 0 spiro atoms. The minimum atomic E-state index is -0.741. The summed E-state index contributed by atoms with van der Waals surface area (Å²) in [5, 5.41) is 20.7. The van der Waals surface area contributed by atoms with Gasteiger partial charge in [0.05, 0.1) is 18.6 Å². The van der Waals surface area contributed by atoms with Gasteiger partial charge in [-0.05, 0) is 43.4 Å². The molecule has 0 aliphatic carbocycles. The number of benzene rings is 1. The molecule has 130 valence electrons. The Bertz CT molecular complexity index is 673. The van der Waals surface area contributed by atoms with Crippen molar-refractivity contribution in [1.82, 2.24) is 4.90 Å². The molecule has 1 aliphatic heterocycles. The highest BCUT2D eigenvalue weighted by Gasteiger charge is 2.36. The number of ether oxygens (including phenoxy) is 1. The molecule has 0 aromatic heterocycles. The summed E-state index contributed by atoms with van der Waals surface area (Å²) < 4.78 is 4.74. The third-order valence-corrected chi connectivity index (χ3v) is 4.29. The number of nitrogens with zero attached hydrogens (tertiary/aromatic N) is 2. The molecule has 1 saturated heterocycles. The van der Waals surface area contributed by atoms with Crippen LogP contribution >= 0.6 is 0 Å². The number of carbonyl (C=O) groups excluding carboxylic acids is 2. The van der Waals surface area contributed by atoms with Crippen LogP contribution in [-0.4, -0.2) is 46.5 Å². The fraction of sp³-hybridized carbons (Fsp3) is 0.500. The monoisotopic (exact) mass is 336 g/mol. The number of rotatable bonds is 4. The van der Waals surface area contributed by atoms with Crippen molar-refractivity contribution in [1.29, 1.82) is 0 Å². The Balaban J connectivity index is 2.47. The largest absolute Gasteiger partial charge is 0.467 e. The molecule has 0 saturated carbocycles. The molecule has 1 fully saturated rings. The van der Waals surface area contributed by atoms with Crippen LogP contribution in [0.3, 0.4) is 0 Å². The lowest BCUT2D eigenvalue weighted by molar-refractivity contribution is -0.385. The maximum atomic E-state index is 12.9. The van der Waals surface area contributed by atoms with E-state index in [0.29, 0.717) is 30.5 Å². The van der Waals surface area contributed by atoms with Crippen molar-refractivity contribution in [2.24, 2.45) is 0 Å². The van der Waals surface area contributed by atoms with Crippen molar-refractivity contribution in [2.75, 3.05) is 13.7 Å². The second-order valence-corrected chi connectivity index (χ2v) is 5.74. The topological polar surface area (TPSA) is 110 Å². The number of aryl methyl sites for hydroxylation is 1.